The molecule has 24 heavy (non-hydrogen) atoms. The van der Waals surface area contributed by atoms with Crippen LogP contribution in [0.2, 0.25) is 0 Å². The topological polar surface area (TPSA) is 34.0 Å². The van der Waals surface area contributed by atoms with Crippen molar-refractivity contribution in [2.24, 2.45) is 0 Å². The summed E-state index contributed by atoms with van der Waals surface area (Å²) in [6.07, 6.45) is 4.28. The van der Waals surface area contributed by atoms with Crippen molar-refractivity contribution in [1.82, 2.24) is 19.4 Å². The first-order valence-corrected chi connectivity index (χ1v) is 9.02. The minimum atomic E-state index is 0.418. The number of hydrogen-bond acceptors (Lipinski definition) is 3. The van der Waals surface area contributed by atoms with Crippen molar-refractivity contribution in [1.29, 1.82) is 0 Å². The predicted octanol–water partition coefficient (Wildman–Crippen LogP) is 3.83. The molecule has 0 radical (unpaired) electrons. The van der Waals surface area contributed by atoms with Crippen molar-refractivity contribution < 1.29 is 0 Å². The van der Waals surface area contributed by atoms with Gasteiger partial charge in [0.1, 0.15) is 11.3 Å². The lowest BCUT2D eigenvalue weighted by Crippen LogP contribution is -2.33. The molecule has 1 saturated heterocycles. The third-order valence-electron chi connectivity index (χ3n) is 4.82. The minimum absolute atomic E-state index is 0.418. The number of halogens is 1. The fraction of sp³-hybridized carbons (Fsp3) is 0.368. The Morgan fingerprint density at radius 1 is 1.12 bits per heavy atom. The fourth-order valence-corrected chi connectivity index (χ4v) is 3.84. The molecule has 2 aromatic heterocycles. The lowest BCUT2D eigenvalue weighted by Gasteiger charge is -2.25. The molecule has 4 rings (SSSR count). The normalized spacial score (nSPS) is 18.5. The van der Waals surface area contributed by atoms with E-state index in [-0.39, 0.29) is 0 Å². The van der Waals surface area contributed by atoms with Crippen LogP contribution in [0.5, 0.6) is 0 Å². The van der Waals surface area contributed by atoms with Crippen LogP contribution in [0.25, 0.3) is 11.2 Å². The highest BCUT2D eigenvalue weighted by molar-refractivity contribution is 6.16. The summed E-state index contributed by atoms with van der Waals surface area (Å²) < 4.78 is 2.20. The Hall–Kier alpha value is -1.91. The van der Waals surface area contributed by atoms with Crippen LogP contribution in [0.4, 0.5) is 0 Å². The van der Waals surface area contributed by atoms with Gasteiger partial charge < -0.3 is 4.57 Å². The number of fused-ring (bicyclic) bond motifs is 1. The van der Waals surface area contributed by atoms with E-state index >= 15 is 0 Å². The lowest BCUT2D eigenvalue weighted by molar-refractivity contribution is 0.224. The molecule has 1 aromatic carbocycles. The van der Waals surface area contributed by atoms with Gasteiger partial charge in [0.05, 0.1) is 5.88 Å². The number of imidazole rings is 1. The van der Waals surface area contributed by atoms with Crippen LogP contribution in [0, 0.1) is 0 Å². The maximum absolute atomic E-state index is 6.13. The Kier molecular flexibility index (Phi) is 4.50. The van der Waals surface area contributed by atoms with Gasteiger partial charge in [-0.25, -0.2) is 9.97 Å². The van der Waals surface area contributed by atoms with Crippen LogP contribution in [0.15, 0.2) is 48.7 Å². The molecule has 5 heteroatoms. The van der Waals surface area contributed by atoms with Gasteiger partial charge in [0.15, 0.2) is 5.65 Å². The monoisotopic (exact) mass is 340 g/mol. The molecule has 0 amide bonds. The number of nitrogens with zero attached hydrogens (tertiary/aromatic N) is 4. The van der Waals surface area contributed by atoms with Gasteiger partial charge in [-0.1, -0.05) is 30.3 Å². The summed E-state index contributed by atoms with van der Waals surface area (Å²) in [4.78, 5) is 11.7. The molecule has 1 aliphatic heterocycles. The highest BCUT2D eigenvalue weighted by Crippen LogP contribution is 2.24. The molecule has 0 N–H and O–H groups in total. The van der Waals surface area contributed by atoms with Crippen molar-refractivity contribution in [2.45, 2.75) is 37.9 Å². The van der Waals surface area contributed by atoms with E-state index < -0.39 is 0 Å². The fourth-order valence-electron chi connectivity index (χ4n) is 3.64. The van der Waals surface area contributed by atoms with Gasteiger partial charge >= 0.3 is 0 Å². The van der Waals surface area contributed by atoms with Gasteiger partial charge in [-0.05, 0) is 37.1 Å². The van der Waals surface area contributed by atoms with Crippen molar-refractivity contribution in [3.05, 3.63) is 60.0 Å². The molecule has 1 fully saturated rings. The Bertz CT molecular complexity index is 815. The van der Waals surface area contributed by atoms with Crippen LogP contribution < -0.4 is 0 Å². The van der Waals surface area contributed by atoms with Crippen molar-refractivity contribution in [3.63, 3.8) is 0 Å². The quantitative estimate of drug-likeness (QED) is 0.662. The van der Waals surface area contributed by atoms with E-state index in [1.807, 2.05) is 18.3 Å². The van der Waals surface area contributed by atoms with E-state index in [9.17, 15) is 0 Å². The molecule has 124 valence electrons. The number of pyridine rings is 1. The first-order valence-electron chi connectivity index (χ1n) is 8.49. The second-order valence-electron chi connectivity index (χ2n) is 6.37. The van der Waals surface area contributed by atoms with E-state index in [1.165, 1.54) is 18.4 Å². The number of aromatic nitrogens is 3. The molecule has 3 heterocycles. The maximum atomic E-state index is 6.13. The van der Waals surface area contributed by atoms with Crippen LogP contribution >= 0.6 is 11.6 Å². The average molecular weight is 341 g/mol. The third-order valence-corrected chi connectivity index (χ3v) is 5.06. The highest BCUT2D eigenvalue weighted by atomic mass is 35.5. The molecular formula is C19H21ClN4. The van der Waals surface area contributed by atoms with Gasteiger partial charge in [-0.2, -0.15) is 0 Å². The van der Waals surface area contributed by atoms with E-state index in [4.69, 9.17) is 11.6 Å². The number of hydrogen-bond donors (Lipinski definition) is 0. The molecule has 3 aromatic rings. The second-order valence-corrected chi connectivity index (χ2v) is 6.64. The molecule has 4 nitrogen and oxygen atoms in total. The smallest absolute Gasteiger partial charge is 0.160 e. The Morgan fingerprint density at radius 2 is 2.00 bits per heavy atom. The number of likely N-dealkylation sites (tertiary alicyclic amines) is 1. The summed E-state index contributed by atoms with van der Waals surface area (Å²) in [5.41, 5.74) is 3.25. The SMILES string of the molecule is ClCc1nc2cccnc2n1CC1CCCN1Cc1ccccc1. The van der Waals surface area contributed by atoms with Crippen LogP contribution in [0.1, 0.15) is 24.2 Å². The average Bonchev–Trinajstić information content (AvgIpc) is 3.21. The van der Waals surface area contributed by atoms with Crippen molar-refractivity contribution in [3.8, 4) is 0 Å². The Balaban J connectivity index is 1.58. The second kappa shape index (κ2) is 6.91. The summed E-state index contributed by atoms with van der Waals surface area (Å²) >= 11 is 6.13. The number of alkyl halides is 1. The van der Waals surface area contributed by atoms with Gasteiger partial charge in [0.25, 0.3) is 0 Å². The van der Waals surface area contributed by atoms with Gasteiger partial charge in [0.2, 0.25) is 0 Å². The van der Waals surface area contributed by atoms with Crippen molar-refractivity contribution >= 4 is 22.8 Å². The van der Waals surface area contributed by atoms with Crippen LogP contribution in [0.3, 0.4) is 0 Å². The van der Waals surface area contributed by atoms with Crippen LogP contribution in [-0.4, -0.2) is 32.0 Å². The molecule has 0 aliphatic carbocycles. The predicted molar refractivity (Wildman–Crippen MR) is 97.0 cm³/mol. The Labute approximate surface area is 147 Å². The van der Waals surface area contributed by atoms with E-state index in [0.29, 0.717) is 11.9 Å². The molecular weight excluding hydrogens is 320 g/mol. The molecule has 1 unspecified atom stereocenters. The van der Waals surface area contributed by atoms with Crippen molar-refractivity contribution in [2.75, 3.05) is 6.54 Å². The summed E-state index contributed by atoms with van der Waals surface area (Å²) in [5.74, 6) is 1.33. The summed E-state index contributed by atoms with van der Waals surface area (Å²) in [6, 6.07) is 15.1. The summed E-state index contributed by atoms with van der Waals surface area (Å²) in [7, 11) is 0. The molecule has 0 bridgehead atoms. The Morgan fingerprint density at radius 3 is 2.83 bits per heavy atom. The zero-order valence-corrected chi connectivity index (χ0v) is 14.4. The van der Waals surface area contributed by atoms with Gasteiger partial charge in [-0.15, -0.1) is 11.6 Å². The molecule has 0 saturated carbocycles. The maximum Gasteiger partial charge on any atom is 0.160 e. The van der Waals surface area contributed by atoms with E-state index in [1.54, 1.807) is 0 Å². The zero-order valence-electron chi connectivity index (χ0n) is 13.6. The minimum Gasteiger partial charge on any atom is -0.310 e. The summed E-state index contributed by atoms with van der Waals surface area (Å²) in [5, 5.41) is 0. The summed E-state index contributed by atoms with van der Waals surface area (Å²) in [6.45, 7) is 3.06. The molecule has 1 atom stereocenters. The molecule has 1 aliphatic rings. The van der Waals surface area contributed by atoms with Gasteiger partial charge in [-0.3, -0.25) is 4.90 Å². The van der Waals surface area contributed by atoms with Gasteiger partial charge in [0, 0.05) is 25.3 Å². The zero-order chi connectivity index (χ0) is 16.4. The lowest BCUT2D eigenvalue weighted by atomic mass is 10.2. The number of rotatable bonds is 5. The van der Waals surface area contributed by atoms with Crippen LogP contribution in [-0.2, 0) is 19.0 Å². The van der Waals surface area contributed by atoms with E-state index in [2.05, 4.69) is 49.8 Å². The highest BCUT2D eigenvalue weighted by Gasteiger charge is 2.26. The third kappa shape index (κ3) is 3.04. The standard InChI is InChI=1S/C19H21ClN4/c20-12-18-22-17-9-4-10-21-19(17)24(18)14-16-8-5-11-23(16)13-15-6-2-1-3-7-15/h1-4,6-7,9-10,16H,5,8,11-14H2. The first-order chi connectivity index (χ1) is 11.8. The molecule has 0 spiro atoms. The first kappa shape index (κ1) is 15.6. The van der Waals surface area contributed by atoms with E-state index in [0.717, 1.165) is 36.6 Å². The largest absolute Gasteiger partial charge is 0.310 e. The number of benzene rings is 1.